The van der Waals surface area contributed by atoms with Gasteiger partial charge in [-0.1, -0.05) is 17.7 Å². The Kier molecular flexibility index (Phi) is 5.13. The van der Waals surface area contributed by atoms with E-state index in [-0.39, 0.29) is 12.5 Å². The van der Waals surface area contributed by atoms with Gasteiger partial charge in [0.1, 0.15) is 12.4 Å². The number of benzene rings is 1. The van der Waals surface area contributed by atoms with E-state index in [1.54, 1.807) is 24.4 Å². The van der Waals surface area contributed by atoms with Crippen LogP contribution in [0.1, 0.15) is 5.69 Å². The zero-order valence-electron chi connectivity index (χ0n) is 11.0. The largest absolute Gasteiger partial charge is 0.486 e. The average molecular weight is 302 g/mol. The van der Waals surface area contributed by atoms with Gasteiger partial charge in [-0.25, -0.2) is 6.57 Å². The number of nitrogens with zero attached hydrogens (tertiary/aromatic N) is 2. The Bertz CT molecular complexity index is 668. The summed E-state index contributed by atoms with van der Waals surface area (Å²) in [5.41, 5.74) is 1.32. The molecular formula is C15H12ClN3O2. The molecule has 0 saturated heterocycles. The molecular weight excluding hydrogens is 290 g/mol. The molecule has 2 rings (SSSR count). The number of aromatic nitrogens is 1. The minimum absolute atomic E-state index is 0.213. The molecule has 0 aliphatic rings. The van der Waals surface area contributed by atoms with Gasteiger partial charge in [0.2, 0.25) is 0 Å². The van der Waals surface area contributed by atoms with E-state index in [2.05, 4.69) is 15.1 Å². The standard InChI is InChI=1S/C15H12ClN3O2/c1-17-9-15(20)19-11-5-6-14(13(16)8-11)21-10-12-4-2-3-7-18-12/h2-8H,9-10H2,(H,19,20). The van der Waals surface area contributed by atoms with Crippen molar-refractivity contribution in [3.8, 4) is 5.75 Å². The first kappa shape index (κ1) is 14.8. The Hall–Kier alpha value is -2.58. The summed E-state index contributed by atoms with van der Waals surface area (Å²) in [6, 6.07) is 10.5. The SMILES string of the molecule is [C-]#[N+]CC(=O)Nc1ccc(OCc2ccccn2)c(Cl)c1. The van der Waals surface area contributed by atoms with Gasteiger partial charge in [-0.3, -0.25) is 9.78 Å². The molecule has 21 heavy (non-hydrogen) atoms. The molecule has 1 heterocycles. The highest BCUT2D eigenvalue weighted by Crippen LogP contribution is 2.28. The van der Waals surface area contributed by atoms with Gasteiger partial charge in [-0.2, -0.15) is 0 Å². The molecule has 1 amide bonds. The van der Waals surface area contributed by atoms with Crippen LogP contribution in [0, 0.1) is 6.57 Å². The topological polar surface area (TPSA) is 55.6 Å². The number of halogens is 1. The third-order valence-corrected chi connectivity index (χ3v) is 2.84. The normalized spacial score (nSPS) is 9.71. The van der Waals surface area contributed by atoms with E-state index in [4.69, 9.17) is 22.9 Å². The Labute approximate surface area is 127 Å². The number of carbonyl (C=O) groups excluding carboxylic acids is 1. The number of ether oxygens (including phenoxy) is 1. The number of anilines is 1. The Morgan fingerprint density at radius 1 is 1.38 bits per heavy atom. The van der Waals surface area contributed by atoms with Gasteiger partial charge in [0.25, 0.3) is 6.54 Å². The number of amides is 1. The predicted molar refractivity (Wildman–Crippen MR) is 80.1 cm³/mol. The minimum atomic E-state index is -0.372. The van der Waals surface area contributed by atoms with E-state index in [1.165, 1.54) is 0 Å². The molecule has 0 radical (unpaired) electrons. The predicted octanol–water partition coefficient (Wildman–Crippen LogP) is 3.17. The second-order valence-electron chi connectivity index (χ2n) is 4.12. The van der Waals surface area contributed by atoms with Crippen molar-refractivity contribution >= 4 is 23.2 Å². The monoisotopic (exact) mass is 301 g/mol. The minimum Gasteiger partial charge on any atom is -0.486 e. The smallest absolute Gasteiger partial charge is 0.304 e. The number of pyridine rings is 1. The van der Waals surface area contributed by atoms with E-state index in [1.807, 2.05) is 18.2 Å². The number of nitrogens with one attached hydrogen (secondary N) is 1. The molecule has 6 heteroatoms. The maximum Gasteiger partial charge on any atom is 0.304 e. The fourth-order valence-electron chi connectivity index (χ4n) is 1.60. The first-order valence-corrected chi connectivity index (χ1v) is 6.52. The van der Waals surface area contributed by atoms with E-state index >= 15 is 0 Å². The van der Waals surface area contributed by atoms with Crippen LogP contribution in [-0.2, 0) is 11.4 Å². The lowest BCUT2D eigenvalue weighted by Gasteiger charge is -2.09. The van der Waals surface area contributed by atoms with Gasteiger partial charge in [-0.15, -0.1) is 0 Å². The van der Waals surface area contributed by atoms with Crippen molar-refractivity contribution in [2.24, 2.45) is 0 Å². The van der Waals surface area contributed by atoms with Crippen molar-refractivity contribution in [2.75, 3.05) is 11.9 Å². The van der Waals surface area contributed by atoms with Gasteiger partial charge in [-0.05, 0) is 30.3 Å². The van der Waals surface area contributed by atoms with Crippen molar-refractivity contribution in [1.29, 1.82) is 0 Å². The molecule has 0 spiro atoms. The van der Waals surface area contributed by atoms with E-state index < -0.39 is 0 Å². The lowest BCUT2D eigenvalue weighted by molar-refractivity contribution is -0.114. The zero-order valence-corrected chi connectivity index (χ0v) is 11.8. The molecule has 106 valence electrons. The zero-order chi connectivity index (χ0) is 15.1. The van der Waals surface area contributed by atoms with E-state index in [0.29, 0.717) is 23.1 Å². The van der Waals surface area contributed by atoms with Crippen LogP contribution < -0.4 is 10.1 Å². The fourth-order valence-corrected chi connectivity index (χ4v) is 1.84. The van der Waals surface area contributed by atoms with Crippen LogP contribution in [0.4, 0.5) is 5.69 Å². The number of hydrogen-bond donors (Lipinski definition) is 1. The molecule has 0 aliphatic carbocycles. The highest BCUT2D eigenvalue weighted by molar-refractivity contribution is 6.32. The molecule has 1 aromatic carbocycles. The summed E-state index contributed by atoms with van der Waals surface area (Å²) in [5, 5.41) is 2.96. The maximum absolute atomic E-state index is 11.3. The van der Waals surface area contributed by atoms with Gasteiger partial charge < -0.3 is 14.9 Å². The molecule has 1 N–H and O–H groups in total. The second-order valence-corrected chi connectivity index (χ2v) is 4.53. The van der Waals surface area contributed by atoms with Crippen molar-refractivity contribution < 1.29 is 9.53 Å². The van der Waals surface area contributed by atoms with Crippen LogP contribution >= 0.6 is 11.6 Å². The molecule has 5 nitrogen and oxygen atoms in total. The van der Waals surface area contributed by atoms with Crippen LogP contribution in [0.2, 0.25) is 5.02 Å². The fraction of sp³-hybridized carbons (Fsp3) is 0.133. The van der Waals surface area contributed by atoms with Crippen molar-refractivity contribution in [1.82, 2.24) is 4.98 Å². The van der Waals surface area contributed by atoms with Crippen molar-refractivity contribution in [3.05, 3.63) is 64.7 Å². The summed E-state index contributed by atoms with van der Waals surface area (Å²) in [7, 11) is 0. The molecule has 0 unspecified atom stereocenters. The van der Waals surface area contributed by atoms with Gasteiger partial charge in [0, 0.05) is 11.9 Å². The number of hydrogen-bond acceptors (Lipinski definition) is 3. The molecule has 0 saturated carbocycles. The molecule has 0 bridgehead atoms. The van der Waals surface area contributed by atoms with Gasteiger partial charge in [0.15, 0.2) is 0 Å². The van der Waals surface area contributed by atoms with E-state index in [0.717, 1.165) is 5.69 Å². The average Bonchev–Trinajstić information content (AvgIpc) is 2.48. The van der Waals surface area contributed by atoms with Crippen LogP contribution in [0.25, 0.3) is 4.85 Å². The molecule has 1 aromatic heterocycles. The third kappa shape index (κ3) is 4.48. The van der Waals surface area contributed by atoms with Crippen LogP contribution in [0.3, 0.4) is 0 Å². The summed E-state index contributed by atoms with van der Waals surface area (Å²) < 4.78 is 5.57. The van der Waals surface area contributed by atoms with Gasteiger partial charge >= 0.3 is 5.91 Å². The summed E-state index contributed by atoms with van der Waals surface area (Å²) in [4.78, 5) is 18.5. The third-order valence-electron chi connectivity index (χ3n) is 2.54. The Morgan fingerprint density at radius 3 is 2.90 bits per heavy atom. The van der Waals surface area contributed by atoms with Crippen molar-refractivity contribution in [3.63, 3.8) is 0 Å². The Balaban J connectivity index is 1.99. The second kappa shape index (κ2) is 7.27. The van der Waals surface area contributed by atoms with Gasteiger partial charge in [0.05, 0.1) is 10.7 Å². The summed E-state index contributed by atoms with van der Waals surface area (Å²) in [6.07, 6.45) is 1.69. The molecule has 0 fully saturated rings. The Morgan fingerprint density at radius 2 is 2.24 bits per heavy atom. The number of rotatable bonds is 5. The quantitative estimate of drug-likeness (QED) is 0.863. The highest BCUT2D eigenvalue weighted by atomic mass is 35.5. The lowest BCUT2D eigenvalue weighted by Crippen LogP contribution is -2.13. The lowest BCUT2D eigenvalue weighted by atomic mass is 10.3. The summed E-state index contributed by atoms with van der Waals surface area (Å²) in [5.74, 6) is 0.133. The first-order chi connectivity index (χ1) is 10.2. The maximum atomic E-state index is 11.3. The first-order valence-electron chi connectivity index (χ1n) is 6.14. The summed E-state index contributed by atoms with van der Waals surface area (Å²) >= 11 is 6.10. The molecule has 2 aromatic rings. The summed E-state index contributed by atoms with van der Waals surface area (Å²) in [6.45, 7) is 6.72. The highest BCUT2D eigenvalue weighted by Gasteiger charge is 2.08. The van der Waals surface area contributed by atoms with Crippen LogP contribution in [-0.4, -0.2) is 17.4 Å². The number of carbonyl (C=O) groups is 1. The van der Waals surface area contributed by atoms with E-state index in [9.17, 15) is 4.79 Å². The van der Waals surface area contributed by atoms with Crippen LogP contribution in [0.15, 0.2) is 42.6 Å². The van der Waals surface area contributed by atoms with Crippen molar-refractivity contribution in [2.45, 2.75) is 6.61 Å². The molecule has 0 aliphatic heterocycles. The molecule has 0 atom stereocenters. The van der Waals surface area contributed by atoms with Crippen LogP contribution in [0.5, 0.6) is 5.75 Å².